The first-order valence-electron chi connectivity index (χ1n) is 7.13. The standard InChI is InChI=1S/C15H18F2N2O2.ClH/c16-14(17)21-12-3-1-11(2-4-12)9-19-8-6-15(13(19)20)5-7-18-10-15;/h1-4,14,18H,5-10H2;1H. The van der Waals surface area contributed by atoms with Gasteiger partial charge in [-0.15, -0.1) is 12.4 Å². The smallest absolute Gasteiger partial charge is 0.387 e. The number of hydrogen-bond donors (Lipinski definition) is 1. The average Bonchev–Trinajstić information content (AvgIpc) is 3.04. The fourth-order valence-corrected chi connectivity index (χ4v) is 3.18. The second kappa shape index (κ2) is 6.79. The molecule has 3 rings (SSSR count). The fraction of sp³-hybridized carbons (Fsp3) is 0.533. The van der Waals surface area contributed by atoms with Crippen LogP contribution < -0.4 is 10.1 Å². The van der Waals surface area contributed by atoms with Crippen LogP contribution in [0, 0.1) is 5.41 Å². The summed E-state index contributed by atoms with van der Waals surface area (Å²) in [6.07, 6.45) is 1.80. The van der Waals surface area contributed by atoms with Crippen molar-refractivity contribution in [1.82, 2.24) is 10.2 Å². The minimum atomic E-state index is -2.81. The van der Waals surface area contributed by atoms with E-state index in [9.17, 15) is 13.6 Å². The van der Waals surface area contributed by atoms with Gasteiger partial charge < -0.3 is 15.0 Å². The number of ether oxygens (including phenoxy) is 1. The third-order valence-corrected chi connectivity index (χ3v) is 4.37. The first-order chi connectivity index (χ1) is 10.1. The largest absolute Gasteiger partial charge is 0.435 e. The van der Waals surface area contributed by atoms with Gasteiger partial charge in [0, 0.05) is 19.6 Å². The summed E-state index contributed by atoms with van der Waals surface area (Å²) in [7, 11) is 0. The quantitative estimate of drug-likeness (QED) is 0.920. The molecular weight excluding hydrogens is 314 g/mol. The van der Waals surface area contributed by atoms with Crippen LogP contribution in [0.25, 0.3) is 0 Å². The zero-order valence-corrected chi connectivity index (χ0v) is 12.9. The number of benzene rings is 1. The van der Waals surface area contributed by atoms with E-state index in [1.165, 1.54) is 12.1 Å². The molecule has 22 heavy (non-hydrogen) atoms. The number of amides is 1. The number of nitrogens with one attached hydrogen (secondary N) is 1. The molecule has 1 aromatic carbocycles. The van der Waals surface area contributed by atoms with Crippen LogP contribution in [0.4, 0.5) is 8.78 Å². The number of halogens is 3. The van der Waals surface area contributed by atoms with Crippen LogP contribution in [0.15, 0.2) is 24.3 Å². The summed E-state index contributed by atoms with van der Waals surface area (Å²) in [5.41, 5.74) is 0.714. The number of carbonyl (C=O) groups is 1. The van der Waals surface area contributed by atoms with Gasteiger partial charge in [-0.1, -0.05) is 12.1 Å². The van der Waals surface area contributed by atoms with E-state index in [4.69, 9.17) is 0 Å². The van der Waals surface area contributed by atoms with Crippen LogP contribution in [0.3, 0.4) is 0 Å². The van der Waals surface area contributed by atoms with Gasteiger partial charge in [0.15, 0.2) is 0 Å². The molecule has 2 fully saturated rings. The number of hydrogen-bond acceptors (Lipinski definition) is 3. The lowest BCUT2D eigenvalue weighted by atomic mass is 9.86. The Balaban J connectivity index is 0.00000176. The van der Waals surface area contributed by atoms with E-state index in [-0.39, 0.29) is 29.5 Å². The highest BCUT2D eigenvalue weighted by atomic mass is 35.5. The summed E-state index contributed by atoms with van der Waals surface area (Å²) in [5.74, 6) is 0.346. The molecule has 0 aromatic heterocycles. The van der Waals surface area contributed by atoms with E-state index in [1.807, 2.05) is 4.90 Å². The normalized spacial score (nSPS) is 24.1. The van der Waals surface area contributed by atoms with Crippen molar-refractivity contribution in [3.63, 3.8) is 0 Å². The van der Waals surface area contributed by atoms with Gasteiger partial charge in [-0.3, -0.25) is 4.79 Å². The molecule has 2 saturated heterocycles. The average molecular weight is 333 g/mol. The van der Waals surface area contributed by atoms with Crippen LogP contribution in [0.5, 0.6) is 5.75 Å². The number of likely N-dealkylation sites (tertiary alicyclic amines) is 1. The summed E-state index contributed by atoms with van der Waals surface area (Å²) in [6, 6.07) is 6.47. The summed E-state index contributed by atoms with van der Waals surface area (Å²) in [5, 5.41) is 3.26. The Morgan fingerprint density at radius 2 is 2.00 bits per heavy atom. The molecule has 1 aromatic rings. The number of alkyl halides is 2. The van der Waals surface area contributed by atoms with E-state index in [1.54, 1.807) is 12.1 Å². The lowest BCUT2D eigenvalue weighted by Crippen LogP contribution is -2.35. The molecule has 0 aliphatic carbocycles. The van der Waals surface area contributed by atoms with Crippen LogP contribution in [0.1, 0.15) is 18.4 Å². The zero-order valence-electron chi connectivity index (χ0n) is 12.1. The summed E-state index contributed by atoms with van der Waals surface area (Å²) in [6.45, 7) is 0.138. The van der Waals surface area contributed by atoms with E-state index in [0.717, 1.165) is 38.0 Å². The Morgan fingerprint density at radius 1 is 1.27 bits per heavy atom. The Labute approximate surface area is 134 Å². The van der Waals surface area contributed by atoms with Crippen molar-refractivity contribution < 1.29 is 18.3 Å². The van der Waals surface area contributed by atoms with Gasteiger partial charge in [0.05, 0.1) is 5.41 Å². The zero-order chi connectivity index (χ0) is 14.9. The molecule has 7 heteroatoms. The number of nitrogens with zero attached hydrogens (tertiary/aromatic N) is 1. The highest BCUT2D eigenvalue weighted by molar-refractivity contribution is 5.85. The third-order valence-electron chi connectivity index (χ3n) is 4.37. The van der Waals surface area contributed by atoms with Crippen molar-refractivity contribution >= 4 is 18.3 Å². The van der Waals surface area contributed by atoms with Gasteiger partial charge in [0.25, 0.3) is 0 Å². The van der Waals surface area contributed by atoms with E-state index in [2.05, 4.69) is 10.1 Å². The Kier molecular flexibility index (Phi) is 5.24. The van der Waals surface area contributed by atoms with Crippen LogP contribution in [-0.2, 0) is 11.3 Å². The maximum atomic E-state index is 12.5. The molecule has 1 amide bonds. The van der Waals surface area contributed by atoms with Gasteiger partial charge in [0.1, 0.15) is 5.75 Å². The molecule has 1 N–H and O–H groups in total. The highest BCUT2D eigenvalue weighted by Gasteiger charge is 2.47. The SMILES string of the molecule is Cl.O=C1N(Cc2ccc(OC(F)F)cc2)CCC12CCNC2. The molecular formula is C15H19ClF2N2O2. The minimum absolute atomic E-state index is 0. The highest BCUT2D eigenvalue weighted by Crippen LogP contribution is 2.38. The predicted molar refractivity (Wildman–Crippen MR) is 80.3 cm³/mol. The molecule has 2 aliphatic heterocycles. The molecule has 0 saturated carbocycles. The van der Waals surface area contributed by atoms with Crippen LogP contribution in [-0.4, -0.2) is 37.1 Å². The van der Waals surface area contributed by atoms with Crippen molar-refractivity contribution in [2.24, 2.45) is 5.41 Å². The van der Waals surface area contributed by atoms with E-state index in [0.29, 0.717) is 6.54 Å². The predicted octanol–water partition coefficient (Wildman–Crippen LogP) is 2.42. The van der Waals surface area contributed by atoms with E-state index >= 15 is 0 Å². The maximum absolute atomic E-state index is 12.5. The fourth-order valence-electron chi connectivity index (χ4n) is 3.18. The minimum Gasteiger partial charge on any atom is -0.435 e. The topological polar surface area (TPSA) is 41.6 Å². The van der Waals surface area contributed by atoms with Crippen molar-refractivity contribution in [3.05, 3.63) is 29.8 Å². The van der Waals surface area contributed by atoms with Gasteiger partial charge in [0.2, 0.25) is 5.91 Å². The van der Waals surface area contributed by atoms with Gasteiger partial charge in [-0.25, -0.2) is 0 Å². The van der Waals surface area contributed by atoms with Crippen LogP contribution in [0.2, 0.25) is 0 Å². The lowest BCUT2D eigenvalue weighted by molar-refractivity contribution is -0.135. The molecule has 122 valence electrons. The monoisotopic (exact) mass is 332 g/mol. The van der Waals surface area contributed by atoms with Gasteiger partial charge in [-0.2, -0.15) is 8.78 Å². The third kappa shape index (κ3) is 3.33. The second-order valence-electron chi connectivity index (χ2n) is 5.71. The molecule has 4 nitrogen and oxygen atoms in total. The Morgan fingerprint density at radius 3 is 2.59 bits per heavy atom. The first kappa shape index (κ1) is 17.0. The molecule has 0 bridgehead atoms. The number of carbonyl (C=O) groups excluding carboxylic acids is 1. The van der Waals surface area contributed by atoms with Crippen molar-refractivity contribution in [2.75, 3.05) is 19.6 Å². The van der Waals surface area contributed by atoms with Crippen molar-refractivity contribution in [3.8, 4) is 5.75 Å². The van der Waals surface area contributed by atoms with E-state index < -0.39 is 6.61 Å². The molecule has 2 heterocycles. The molecule has 1 unspecified atom stereocenters. The summed E-state index contributed by atoms with van der Waals surface area (Å²) >= 11 is 0. The van der Waals surface area contributed by atoms with Gasteiger partial charge in [-0.05, 0) is 37.1 Å². The molecule has 1 atom stereocenters. The molecule has 0 radical (unpaired) electrons. The van der Waals surface area contributed by atoms with Crippen molar-refractivity contribution in [1.29, 1.82) is 0 Å². The second-order valence-corrected chi connectivity index (χ2v) is 5.71. The molecule has 2 aliphatic rings. The molecule has 1 spiro atoms. The number of rotatable bonds is 4. The Bertz CT molecular complexity index is 519. The lowest BCUT2D eigenvalue weighted by Gasteiger charge is -2.22. The Hall–Kier alpha value is -1.40. The van der Waals surface area contributed by atoms with Crippen LogP contribution >= 0.6 is 12.4 Å². The first-order valence-corrected chi connectivity index (χ1v) is 7.13. The summed E-state index contributed by atoms with van der Waals surface area (Å²) in [4.78, 5) is 14.4. The van der Waals surface area contributed by atoms with Gasteiger partial charge >= 0.3 is 6.61 Å². The summed E-state index contributed by atoms with van der Waals surface area (Å²) < 4.78 is 28.5. The van der Waals surface area contributed by atoms with Crippen molar-refractivity contribution in [2.45, 2.75) is 26.0 Å². The maximum Gasteiger partial charge on any atom is 0.387 e.